The van der Waals surface area contributed by atoms with E-state index in [9.17, 15) is 13.2 Å². The van der Waals surface area contributed by atoms with Crippen LogP contribution in [-0.4, -0.2) is 9.55 Å². The lowest BCUT2D eigenvalue weighted by atomic mass is 10.2. The number of para-hydroxylation sites is 1. The molecule has 0 bridgehead atoms. The minimum atomic E-state index is -0.877. The van der Waals surface area contributed by atoms with Gasteiger partial charge in [0.25, 0.3) is 0 Å². The zero-order valence-electron chi connectivity index (χ0n) is 9.87. The van der Waals surface area contributed by atoms with Crippen LogP contribution in [0.25, 0.3) is 16.7 Å². The second-order valence-corrected chi connectivity index (χ2v) is 4.54. The maximum atomic E-state index is 13.9. The van der Waals surface area contributed by atoms with Crippen molar-refractivity contribution in [3.63, 3.8) is 0 Å². The molecule has 0 radical (unpaired) electrons. The molecule has 0 saturated carbocycles. The molecule has 2 N–H and O–H groups in total. The Labute approximate surface area is 116 Å². The minimum absolute atomic E-state index is 0.00648. The molecular weight excluding hydrogens is 291 g/mol. The van der Waals surface area contributed by atoms with Crippen LogP contribution in [-0.2, 0) is 0 Å². The van der Waals surface area contributed by atoms with E-state index in [4.69, 9.17) is 17.3 Å². The molecule has 0 amide bonds. The van der Waals surface area contributed by atoms with E-state index in [2.05, 4.69) is 4.98 Å². The Hall–Kier alpha value is -2.21. The number of nitrogens with two attached hydrogens (primary N) is 1. The Bertz CT molecular complexity index is 809. The second-order valence-electron chi connectivity index (χ2n) is 4.13. The molecule has 1 heterocycles. The van der Waals surface area contributed by atoms with Gasteiger partial charge in [0, 0.05) is 12.1 Å². The highest BCUT2D eigenvalue weighted by atomic mass is 35.5. The summed E-state index contributed by atoms with van der Waals surface area (Å²) >= 11 is 5.94. The van der Waals surface area contributed by atoms with Gasteiger partial charge >= 0.3 is 0 Å². The van der Waals surface area contributed by atoms with E-state index in [-0.39, 0.29) is 27.7 Å². The van der Waals surface area contributed by atoms with Crippen molar-refractivity contribution in [2.24, 2.45) is 0 Å². The third-order valence-electron chi connectivity index (χ3n) is 2.87. The first-order valence-corrected chi connectivity index (χ1v) is 5.94. The van der Waals surface area contributed by atoms with Gasteiger partial charge < -0.3 is 5.73 Å². The summed E-state index contributed by atoms with van der Waals surface area (Å²) in [6.07, 6.45) is 0. The highest BCUT2D eigenvalue weighted by Crippen LogP contribution is 2.31. The number of rotatable bonds is 1. The summed E-state index contributed by atoms with van der Waals surface area (Å²) in [5.74, 6) is -2.55. The monoisotopic (exact) mass is 297 g/mol. The first-order chi connectivity index (χ1) is 9.49. The van der Waals surface area contributed by atoms with Crippen molar-refractivity contribution in [1.82, 2.24) is 9.55 Å². The molecule has 7 heteroatoms. The summed E-state index contributed by atoms with van der Waals surface area (Å²) in [6.45, 7) is 0. The topological polar surface area (TPSA) is 43.8 Å². The Morgan fingerprint density at radius 1 is 1.10 bits per heavy atom. The van der Waals surface area contributed by atoms with Crippen LogP contribution >= 0.6 is 11.6 Å². The van der Waals surface area contributed by atoms with Crippen molar-refractivity contribution in [3.8, 4) is 5.69 Å². The lowest BCUT2D eigenvalue weighted by Crippen LogP contribution is -2.04. The zero-order chi connectivity index (χ0) is 14.4. The number of nitrogens with zero attached hydrogens (tertiary/aromatic N) is 2. The van der Waals surface area contributed by atoms with Crippen LogP contribution in [0.5, 0.6) is 0 Å². The highest BCUT2D eigenvalue weighted by molar-refractivity contribution is 6.32. The molecule has 0 spiro atoms. The van der Waals surface area contributed by atoms with Crippen LogP contribution in [0.15, 0.2) is 30.3 Å². The van der Waals surface area contributed by atoms with Gasteiger partial charge in [0.05, 0.1) is 10.5 Å². The number of imidazole rings is 1. The van der Waals surface area contributed by atoms with Crippen LogP contribution in [0.2, 0.25) is 5.02 Å². The molecule has 0 atom stereocenters. The van der Waals surface area contributed by atoms with Gasteiger partial charge in [0.15, 0.2) is 5.82 Å². The van der Waals surface area contributed by atoms with Crippen LogP contribution in [0.3, 0.4) is 0 Å². The number of nitrogen functional groups attached to an aromatic ring is 1. The fourth-order valence-electron chi connectivity index (χ4n) is 2.06. The van der Waals surface area contributed by atoms with Crippen LogP contribution in [0.4, 0.5) is 19.1 Å². The van der Waals surface area contributed by atoms with Crippen LogP contribution in [0, 0.1) is 17.5 Å². The van der Waals surface area contributed by atoms with Crippen molar-refractivity contribution in [1.29, 1.82) is 0 Å². The molecule has 1 aromatic heterocycles. The second kappa shape index (κ2) is 4.42. The van der Waals surface area contributed by atoms with E-state index < -0.39 is 17.5 Å². The molecule has 0 saturated heterocycles. The van der Waals surface area contributed by atoms with Gasteiger partial charge in [-0.15, -0.1) is 0 Å². The fourth-order valence-corrected chi connectivity index (χ4v) is 2.31. The van der Waals surface area contributed by atoms with E-state index in [1.54, 1.807) is 0 Å². The Morgan fingerprint density at radius 3 is 2.55 bits per heavy atom. The standard InChI is InChI=1S/C13H7ClF3N3/c14-7-2-1-3-8(16)12(7)20-10-5-6(15)4-9(17)11(10)19-13(20)18/h1-5H,(H2,18,19). The van der Waals surface area contributed by atoms with Crippen molar-refractivity contribution < 1.29 is 13.2 Å². The van der Waals surface area contributed by atoms with E-state index in [0.29, 0.717) is 6.07 Å². The number of benzene rings is 2. The van der Waals surface area contributed by atoms with Gasteiger partial charge in [-0.1, -0.05) is 17.7 Å². The summed E-state index contributed by atoms with van der Waals surface area (Å²) in [4.78, 5) is 3.79. The van der Waals surface area contributed by atoms with Crippen molar-refractivity contribution >= 4 is 28.6 Å². The molecule has 0 unspecified atom stereocenters. The van der Waals surface area contributed by atoms with Crippen molar-refractivity contribution in [2.75, 3.05) is 5.73 Å². The zero-order valence-corrected chi connectivity index (χ0v) is 10.6. The van der Waals surface area contributed by atoms with Crippen LogP contribution < -0.4 is 5.73 Å². The molecule has 0 aliphatic carbocycles. The third kappa shape index (κ3) is 1.80. The van der Waals surface area contributed by atoms with E-state index in [1.807, 2.05) is 0 Å². The lowest BCUT2D eigenvalue weighted by molar-refractivity contribution is 0.590. The average Bonchev–Trinajstić information content (AvgIpc) is 2.67. The van der Waals surface area contributed by atoms with E-state index in [1.165, 1.54) is 18.2 Å². The fraction of sp³-hybridized carbons (Fsp3) is 0. The average molecular weight is 298 g/mol. The predicted molar refractivity (Wildman–Crippen MR) is 70.4 cm³/mol. The van der Waals surface area contributed by atoms with Crippen molar-refractivity contribution in [2.45, 2.75) is 0 Å². The summed E-state index contributed by atoms with van der Waals surface area (Å²) in [7, 11) is 0. The van der Waals surface area contributed by atoms with Gasteiger partial charge in [-0.3, -0.25) is 4.57 Å². The molecule has 0 fully saturated rings. The largest absolute Gasteiger partial charge is 0.369 e. The SMILES string of the molecule is Nc1nc2c(F)cc(F)cc2n1-c1c(F)cccc1Cl. The Balaban J connectivity index is 2.45. The first-order valence-electron chi connectivity index (χ1n) is 5.56. The van der Waals surface area contributed by atoms with E-state index >= 15 is 0 Å². The van der Waals surface area contributed by atoms with Crippen LogP contribution in [0.1, 0.15) is 0 Å². The summed E-state index contributed by atoms with van der Waals surface area (Å²) in [5, 5.41) is 0.0562. The molecule has 2 aromatic carbocycles. The van der Waals surface area contributed by atoms with Gasteiger partial charge in [0.2, 0.25) is 5.95 Å². The quantitative estimate of drug-likeness (QED) is 0.744. The molecule has 3 nitrogen and oxygen atoms in total. The number of hydrogen-bond donors (Lipinski definition) is 1. The predicted octanol–water partition coefficient (Wildman–Crippen LogP) is 3.68. The third-order valence-corrected chi connectivity index (χ3v) is 3.17. The summed E-state index contributed by atoms with van der Waals surface area (Å²) in [5.41, 5.74) is 5.44. The van der Waals surface area contributed by atoms with Gasteiger partial charge in [0.1, 0.15) is 22.8 Å². The molecule has 102 valence electrons. The highest BCUT2D eigenvalue weighted by Gasteiger charge is 2.19. The number of fused-ring (bicyclic) bond motifs is 1. The number of hydrogen-bond acceptors (Lipinski definition) is 2. The maximum Gasteiger partial charge on any atom is 0.206 e. The first kappa shape index (κ1) is 12.8. The Kier molecular flexibility index (Phi) is 2.83. The minimum Gasteiger partial charge on any atom is -0.369 e. The van der Waals surface area contributed by atoms with Gasteiger partial charge in [-0.05, 0) is 12.1 Å². The van der Waals surface area contributed by atoms with Gasteiger partial charge in [-0.2, -0.15) is 0 Å². The maximum absolute atomic E-state index is 13.9. The molecule has 3 rings (SSSR count). The lowest BCUT2D eigenvalue weighted by Gasteiger charge is -2.09. The summed E-state index contributed by atoms with van der Waals surface area (Å²) in [6, 6.07) is 5.73. The molecule has 0 aliphatic heterocycles. The number of anilines is 1. The molecular formula is C13H7ClF3N3. The van der Waals surface area contributed by atoms with E-state index in [0.717, 1.165) is 10.6 Å². The molecule has 0 aliphatic rings. The van der Waals surface area contributed by atoms with Gasteiger partial charge in [-0.25, -0.2) is 18.2 Å². The smallest absolute Gasteiger partial charge is 0.206 e. The Morgan fingerprint density at radius 2 is 1.85 bits per heavy atom. The molecule has 3 aromatic rings. The summed E-state index contributed by atoms with van der Waals surface area (Å²) < 4.78 is 42.0. The number of aromatic nitrogens is 2. The van der Waals surface area contributed by atoms with Crippen molar-refractivity contribution in [3.05, 3.63) is 52.8 Å². The number of halogens is 4. The normalized spacial score (nSPS) is 11.2. The molecule has 20 heavy (non-hydrogen) atoms.